The van der Waals surface area contributed by atoms with Gasteiger partial charge in [0.1, 0.15) is 12.3 Å². The van der Waals surface area contributed by atoms with Crippen molar-refractivity contribution >= 4 is 11.9 Å². The van der Waals surface area contributed by atoms with Gasteiger partial charge in [-0.05, 0) is 17.5 Å². The molecule has 0 saturated heterocycles. The summed E-state index contributed by atoms with van der Waals surface area (Å²) in [5, 5.41) is 10.7. The van der Waals surface area contributed by atoms with Crippen LogP contribution >= 0.6 is 0 Å². The zero-order valence-electron chi connectivity index (χ0n) is 11.2. The van der Waals surface area contributed by atoms with E-state index in [1.165, 1.54) is 0 Å². The first-order valence-electron chi connectivity index (χ1n) is 6.21. The first-order chi connectivity index (χ1) is 9.00. The molecule has 0 unspecified atom stereocenters. The van der Waals surface area contributed by atoms with Crippen LogP contribution in [-0.2, 0) is 9.59 Å². The zero-order valence-corrected chi connectivity index (χ0v) is 11.2. The number of hydrogen-bond acceptors (Lipinski definition) is 3. The SMILES string of the molecule is CC(C)c1ccccc1OCCC(=O)NCC(=O)O. The highest BCUT2D eigenvalue weighted by Crippen LogP contribution is 2.25. The summed E-state index contributed by atoms with van der Waals surface area (Å²) >= 11 is 0. The topological polar surface area (TPSA) is 75.6 Å². The normalized spacial score (nSPS) is 10.3. The summed E-state index contributed by atoms with van der Waals surface area (Å²) in [5.41, 5.74) is 1.09. The maximum absolute atomic E-state index is 11.3. The van der Waals surface area contributed by atoms with Crippen LogP contribution in [0.3, 0.4) is 0 Å². The summed E-state index contributed by atoms with van der Waals surface area (Å²) < 4.78 is 5.57. The number of carbonyl (C=O) groups excluding carboxylic acids is 1. The molecule has 5 nitrogen and oxygen atoms in total. The molecule has 5 heteroatoms. The van der Waals surface area contributed by atoms with E-state index in [2.05, 4.69) is 19.2 Å². The van der Waals surface area contributed by atoms with Crippen molar-refractivity contribution in [3.05, 3.63) is 29.8 Å². The molecule has 1 amide bonds. The van der Waals surface area contributed by atoms with Crippen LogP contribution in [0.25, 0.3) is 0 Å². The molecule has 1 aromatic rings. The standard InChI is InChI=1S/C14H19NO4/c1-10(2)11-5-3-4-6-12(11)19-8-7-13(16)15-9-14(17)18/h3-6,10H,7-9H2,1-2H3,(H,15,16)(H,17,18). The van der Waals surface area contributed by atoms with E-state index >= 15 is 0 Å². The lowest BCUT2D eigenvalue weighted by molar-refractivity contribution is -0.138. The maximum Gasteiger partial charge on any atom is 0.322 e. The van der Waals surface area contributed by atoms with E-state index in [-0.39, 0.29) is 25.5 Å². The van der Waals surface area contributed by atoms with E-state index in [0.29, 0.717) is 5.92 Å². The van der Waals surface area contributed by atoms with Gasteiger partial charge < -0.3 is 15.2 Å². The molecular weight excluding hydrogens is 246 g/mol. The number of rotatable bonds is 7. The average Bonchev–Trinajstić information content (AvgIpc) is 2.36. The number of carboxylic acids is 1. The molecule has 1 rings (SSSR count). The number of hydrogen-bond donors (Lipinski definition) is 2. The lowest BCUT2D eigenvalue weighted by Gasteiger charge is -2.13. The number of ether oxygens (including phenoxy) is 1. The van der Waals surface area contributed by atoms with E-state index in [1.807, 2.05) is 24.3 Å². The van der Waals surface area contributed by atoms with Gasteiger partial charge in [0, 0.05) is 0 Å². The number of carboxylic acid groups (broad SMARTS) is 1. The molecule has 0 aliphatic heterocycles. The third kappa shape index (κ3) is 5.42. The largest absolute Gasteiger partial charge is 0.493 e. The summed E-state index contributed by atoms with van der Waals surface area (Å²) in [7, 11) is 0. The Morgan fingerprint density at radius 1 is 1.32 bits per heavy atom. The minimum absolute atomic E-state index is 0.139. The van der Waals surface area contributed by atoms with Gasteiger partial charge in [-0.1, -0.05) is 32.0 Å². The van der Waals surface area contributed by atoms with Crippen LogP contribution in [0, 0.1) is 0 Å². The van der Waals surface area contributed by atoms with Crippen LogP contribution in [0.15, 0.2) is 24.3 Å². The minimum Gasteiger partial charge on any atom is -0.493 e. The maximum atomic E-state index is 11.3. The van der Waals surface area contributed by atoms with Gasteiger partial charge in [-0.2, -0.15) is 0 Å². The van der Waals surface area contributed by atoms with Crippen LogP contribution in [-0.4, -0.2) is 30.1 Å². The van der Waals surface area contributed by atoms with Crippen molar-refractivity contribution in [1.29, 1.82) is 0 Å². The first-order valence-corrected chi connectivity index (χ1v) is 6.21. The summed E-state index contributed by atoms with van der Waals surface area (Å²) in [6.45, 7) is 4.01. The fourth-order valence-electron chi connectivity index (χ4n) is 1.61. The van der Waals surface area contributed by atoms with Gasteiger partial charge in [0.25, 0.3) is 0 Å². The van der Waals surface area contributed by atoms with Crippen molar-refractivity contribution in [2.24, 2.45) is 0 Å². The Morgan fingerprint density at radius 3 is 2.63 bits per heavy atom. The molecule has 0 heterocycles. The number of amides is 1. The number of carbonyl (C=O) groups is 2. The van der Waals surface area contributed by atoms with E-state index in [0.717, 1.165) is 11.3 Å². The summed E-state index contributed by atoms with van der Waals surface area (Å²) in [6, 6.07) is 7.68. The predicted octanol–water partition coefficient (Wildman–Crippen LogP) is 1.78. The van der Waals surface area contributed by atoms with Crippen LogP contribution in [0.4, 0.5) is 0 Å². The smallest absolute Gasteiger partial charge is 0.322 e. The molecule has 0 radical (unpaired) electrons. The van der Waals surface area contributed by atoms with Crippen LogP contribution < -0.4 is 10.1 Å². The van der Waals surface area contributed by atoms with E-state index in [1.54, 1.807) is 0 Å². The summed E-state index contributed by atoms with van der Waals surface area (Å²) in [4.78, 5) is 21.6. The predicted molar refractivity (Wildman–Crippen MR) is 71.3 cm³/mol. The highest BCUT2D eigenvalue weighted by molar-refractivity contribution is 5.81. The Labute approximate surface area is 112 Å². The molecule has 0 aromatic heterocycles. The Hall–Kier alpha value is -2.04. The fourth-order valence-corrected chi connectivity index (χ4v) is 1.61. The fraction of sp³-hybridized carbons (Fsp3) is 0.429. The molecule has 19 heavy (non-hydrogen) atoms. The van der Waals surface area contributed by atoms with Crippen molar-refractivity contribution in [3.63, 3.8) is 0 Å². The molecule has 0 aliphatic carbocycles. The number of benzene rings is 1. The van der Waals surface area contributed by atoms with Crippen molar-refractivity contribution < 1.29 is 19.4 Å². The Kier molecular flexibility index (Phi) is 5.85. The van der Waals surface area contributed by atoms with E-state index in [4.69, 9.17) is 9.84 Å². The molecule has 104 valence electrons. The molecule has 0 spiro atoms. The monoisotopic (exact) mass is 265 g/mol. The third-order valence-corrected chi connectivity index (χ3v) is 2.56. The molecule has 1 aromatic carbocycles. The molecular formula is C14H19NO4. The highest BCUT2D eigenvalue weighted by Gasteiger charge is 2.08. The second-order valence-corrected chi connectivity index (χ2v) is 4.46. The molecule has 0 bridgehead atoms. The first kappa shape index (κ1) is 15.0. The van der Waals surface area contributed by atoms with Gasteiger partial charge in [-0.25, -0.2) is 0 Å². The van der Waals surface area contributed by atoms with Crippen molar-refractivity contribution in [1.82, 2.24) is 5.32 Å². The van der Waals surface area contributed by atoms with Gasteiger partial charge in [-0.15, -0.1) is 0 Å². The number of aliphatic carboxylic acids is 1. The minimum atomic E-state index is -1.06. The van der Waals surface area contributed by atoms with E-state index < -0.39 is 5.97 Å². The van der Waals surface area contributed by atoms with Gasteiger partial charge in [-0.3, -0.25) is 9.59 Å². The van der Waals surface area contributed by atoms with E-state index in [9.17, 15) is 9.59 Å². The molecule has 0 atom stereocenters. The van der Waals surface area contributed by atoms with Crippen molar-refractivity contribution in [2.45, 2.75) is 26.2 Å². The molecule has 0 aliphatic rings. The molecule has 2 N–H and O–H groups in total. The molecule has 0 fully saturated rings. The Morgan fingerprint density at radius 2 is 2.00 bits per heavy atom. The van der Waals surface area contributed by atoms with Gasteiger partial charge in [0.2, 0.25) is 5.91 Å². The van der Waals surface area contributed by atoms with Crippen LogP contribution in [0.2, 0.25) is 0 Å². The van der Waals surface area contributed by atoms with Crippen LogP contribution in [0.5, 0.6) is 5.75 Å². The van der Waals surface area contributed by atoms with Gasteiger partial charge in [0.05, 0.1) is 13.0 Å². The lowest BCUT2D eigenvalue weighted by atomic mass is 10.0. The lowest BCUT2D eigenvalue weighted by Crippen LogP contribution is -2.30. The number of para-hydroxylation sites is 1. The van der Waals surface area contributed by atoms with Crippen molar-refractivity contribution in [2.75, 3.05) is 13.2 Å². The third-order valence-electron chi connectivity index (χ3n) is 2.56. The number of nitrogens with one attached hydrogen (secondary N) is 1. The Bertz CT molecular complexity index is 443. The second kappa shape index (κ2) is 7.41. The highest BCUT2D eigenvalue weighted by atomic mass is 16.5. The second-order valence-electron chi connectivity index (χ2n) is 4.46. The Balaban J connectivity index is 2.41. The molecule has 0 saturated carbocycles. The average molecular weight is 265 g/mol. The summed E-state index contributed by atoms with van der Waals surface area (Å²) in [5.74, 6) is -0.274. The van der Waals surface area contributed by atoms with Gasteiger partial charge in [0.15, 0.2) is 0 Å². The van der Waals surface area contributed by atoms with Crippen molar-refractivity contribution in [3.8, 4) is 5.75 Å². The van der Waals surface area contributed by atoms with Gasteiger partial charge >= 0.3 is 5.97 Å². The van der Waals surface area contributed by atoms with Crippen LogP contribution in [0.1, 0.15) is 31.7 Å². The quantitative estimate of drug-likeness (QED) is 0.788. The zero-order chi connectivity index (χ0) is 14.3. The summed E-state index contributed by atoms with van der Waals surface area (Å²) in [6.07, 6.45) is 0.139.